The van der Waals surface area contributed by atoms with Gasteiger partial charge in [-0.3, -0.25) is 4.79 Å². The Labute approximate surface area is 91.0 Å². The number of carbonyl (C=O) groups is 2. The first-order valence-corrected chi connectivity index (χ1v) is 4.23. The lowest BCUT2D eigenvalue weighted by Gasteiger charge is -2.11. The molecule has 0 amide bonds. The van der Waals surface area contributed by atoms with E-state index in [-0.39, 0.29) is 16.9 Å². The number of carbonyl (C=O) groups excluding carboxylic acids is 2. The number of ether oxygens (including phenoxy) is 2. The maximum Gasteiger partial charge on any atom is 0.345 e. The van der Waals surface area contributed by atoms with Crippen molar-refractivity contribution in [3.05, 3.63) is 17.2 Å². The fourth-order valence-electron chi connectivity index (χ4n) is 1.27. The van der Waals surface area contributed by atoms with Gasteiger partial charge in [0.05, 0.1) is 19.8 Å². The monoisotopic (exact) mass is 226 g/mol. The lowest BCUT2D eigenvalue weighted by Crippen LogP contribution is -2.06. The number of rotatable bonds is 3. The maximum atomic E-state index is 11.3. The predicted molar refractivity (Wildman–Crippen MR) is 53.1 cm³/mol. The fraction of sp³-hybridized carbons (Fsp3) is 0.200. The molecule has 0 saturated heterocycles. The summed E-state index contributed by atoms with van der Waals surface area (Å²) in [4.78, 5) is 22.0. The Morgan fingerprint density at radius 2 is 1.94 bits per heavy atom. The van der Waals surface area contributed by atoms with Gasteiger partial charge in [-0.25, -0.2) is 4.79 Å². The number of aldehydes is 1. The number of aromatic hydroxyl groups is 2. The van der Waals surface area contributed by atoms with Gasteiger partial charge in [0.2, 0.25) is 0 Å². The molecule has 0 aliphatic rings. The normalized spacial score (nSPS) is 9.62. The topological polar surface area (TPSA) is 93.1 Å². The molecule has 0 fully saturated rings. The molecule has 0 bridgehead atoms. The maximum absolute atomic E-state index is 11.3. The standard InChI is InChI=1S/C10H10O6/c1-15-9-5(4-11)6(12)3-7(13)8(9)10(14)16-2/h3-4,12-13H,1-2H3. The van der Waals surface area contributed by atoms with Crippen molar-refractivity contribution in [1.29, 1.82) is 0 Å². The van der Waals surface area contributed by atoms with E-state index < -0.39 is 17.5 Å². The minimum absolute atomic E-state index is 0.222. The molecule has 2 N–H and O–H groups in total. The molecule has 1 aromatic rings. The molecule has 1 aromatic carbocycles. The van der Waals surface area contributed by atoms with Crippen molar-refractivity contribution in [2.75, 3.05) is 14.2 Å². The molecule has 6 nitrogen and oxygen atoms in total. The first-order valence-electron chi connectivity index (χ1n) is 4.23. The van der Waals surface area contributed by atoms with Gasteiger partial charge < -0.3 is 19.7 Å². The van der Waals surface area contributed by atoms with Crippen molar-refractivity contribution in [3.63, 3.8) is 0 Å². The Morgan fingerprint density at radius 3 is 2.38 bits per heavy atom. The summed E-state index contributed by atoms with van der Waals surface area (Å²) in [5.74, 6) is -2.08. The van der Waals surface area contributed by atoms with Crippen molar-refractivity contribution in [3.8, 4) is 17.2 Å². The Bertz CT molecular complexity index is 437. The molecule has 0 aromatic heterocycles. The van der Waals surface area contributed by atoms with Crippen LogP contribution in [0.25, 0.3) is 0 Å². The number of hydrogen-bond acceptors (Lipinski definition) is 6. The van der Waals surface area contributed by atoms with Crippen LogP contribution in [0.1, 0.15) is 20.7 Å². The minimum atomic E-state index is -0.863. The molecule has 0 atom stereocenters. The Morgan fingerprint density at radius 1 is 1.31 bits per heavy atom. The van der Waals surface area contributed by atoms with Gasteiger partial charge in [-0.1, -0.05) is 0 Å². The van der Waals surface area contributed by atoms with Crippen molar-refractivity contribution in [2.45, 2.75) is 0 Å². The van der Waals surface area contributed by atoms with E-state index in [4.69, 9.17) is 4.74 Å². The second kappa shape index (κ2) is 4.52. The summed E-state index contributed by atoms with van der Waals surface area (Å²) >= 11 is 0. The van der Waals surface area contributed by atoms with E-state index in [1.165, 1.54) is 7.11 Å². The third-order valence-electron chi connectivity index (χ3n) is 1.99. The van der Waals surface area contributed by atoms with E-state index in [1.807, 2.05) is 0 Å². The van der Waals surface area contributed by atoms with Gasteiger partial charge in [-0.05, 0) is 0 Å². The average molecular weight is 226 g/mol. The Kier molecular flexibility index (Phi) is 3.34. The molecule has 0 saturated carbocycles. The first kappa shape index (κ1) is 11.8. The number of phenols is 2. The summed E-state index contributed by atoms with van der Waals surface area (Å²) in [6, 6.07) is 0.874. The minimum Gasteiger partial charge on any atom is -0.507 e. The molecule has 0 spiro atoms. The van der Waals surface area contributed by atoms with Crippen LogP contribution < -0.4 is 4.74 Å². The molecule has 0 heterocycles. The van der Waals surface area contributed by atoms with Gasteiger partial charge in [0, 0.05) is 6.07 Å². The first-order chi connectivity index (χ1) is 7.56. The van der Waals surface area contributed by atoms with Crippen LogP contribution in [0.2, 0.25) is 0 Å². The zero-order valence-corrected chi connectivity index (χ0v) is 8.68. The highest BCUT2D eigenvalue weighted by Gasteiger charge is 2.24. The number of esters is 1. The van der Waals surface area contributed by atoms with Crippen LogP contribution in [0.15, 0.2) is 6.07 Å². The summed E-state index contributed by atoms with van der Waals surface area (Å²) in [5.41, 5.74) is -0.523. The third-order valence-corrected chi connectivity index (χ3v) is 1.99. The van der Waals surface area contributed by atoms with Crippen molar-refractivity contribution < 1.29 is 29.3 Å². The molecular formula is C10H10O6. The number of hydrogen-bond donors (Lipinski definition) is 2. The van der Waals surface area contributed by atoms with Crippen LogP contribution >= 0.6 is 0 Å². The Balaban J connectivity index is 3.58. The van der Waals surface area contributed by atoms with Gasteiger partial charge in [-0.2, -0.15) is 0 Å². The molecule has 0 unspecified atom stereocenters. The summed E-state index contributed by atoms with van der Waals surface area (Å²) in [7, 11) is 2.32. The van der Waals surface area contributed by atoms with Crippen molar-refractivity contribution in [1.82, 2.24) is 0 Å². The SMILES string of the molecule is COC(=O)c1c(O)cc(O)c(C=O)c1OC. The van der Waals surface area contributed by atoms with Crippen LogP contribution in [0.5, 0.6) is 17.2 Å². The highest BCUT2D eigenvalue weighted by atomic mass is 16.5. The van der Waals surface area contributed by atoms with E-state index in [9.17, 15) is 19.8 Å². The highest BCUT2D eigenvalue weighted by Crippen LogP contribution is 2.37. The molecule has 0 radical (unpaired) electrons. The fourth-order valence-corrected chi connectivity index (χ4v) is 1.27. The third kappa shape index (κ3) is 1.77. The zero-order chi connectivity index (χ0) is 12.3. The number of phenolic OH excluding ortho intramolecular Hbond substituents is 2. The molecule has 86 valence electrons. The van der Waals surface area contributed by atoms with Crippen LogP contribution in [-0.4, -0.2) is 36.7 Å². The smallest absolute Gasteiger partial charge is 0.345 e. The van der Waals surface area contributed by atoms with Crippen molar-refractivity contribution >= 4 is 12.3 Å². The number of methoxy groups -OCH3 is 2. The lowest BCUT2D eigenvalue weighted by atomic mass is 10.1. The van der Waals surface area contributed by atoms with E-state index in [2.05, 4.69) is 4.74 Å². The van der Waals surface area contributed by atoms with Gasteiger partial charge in [0.25, 0.3) is 0 Å². The average Bonchev–Trinajstić information content (AvgIpc) is 2.27. The van der Waals surface area contributed by atoms with E-state index in [0.29, 0.717) is 6.29 Å². The summed E-state index contributed by atoms with van der Waals surface area (Å²) in [6.45, 7) is 0. The zero-order valence-electron chi connectivity index (χ0n) is 8.68. The summed E-state index contributed by atoms with van der Waals surface area (Å²) in [6.07, 6.45) is 0.319. The molecule has 16 heavy (non-hydrogen) atoms. The second-order valence-corrected chi connectivity index (χ2v) is 2.85. The lowest BCUT2D eigenvalue weighted by molar-refractivity contribution is 0.0593. The van der Waals surface area contributed by atoms with Crippen LogP contribution in [0, 0.1) is 0 Å². The second-order valence-electron chi connectivity index (χ2n) is 2.85. The van der Waals surface area contributed by atoms with Crippen LogP contribution in [0.4, 0.5) is 0 Å². The van der Waals surface area contributed by atoms with E-state index in [0.717, 1.165) is 13.2 Å². The largest absolute Gasteiger partial charge is 0.507 e. The summed E-state index contributed by atoms with van der Waals surface area (Å²) < 4.78 is 9.22. The highest BCUT2D eigenvalue weighted by molar-refractivity contribution is 6.00. The van der Waals surface area contributed by atoms with Crippen molar-refractivity contribution in [2.24, 2.45) is 0 Å². The van der Waals surface area contributed by atoms with E-state index >= 15 is 0 Å². The molecular weight excluding hydrogens is 216 g/mol. The van der Waals surface area contributed by atoms with Gasteiger partial charge >= 0.3 is 5.97 Å². The Hall–Kier alpha value is -2.24. The van der Waals surface area contributed by atoms with Gasteiger partial charge in [0.15, 0.2) is 12.0 Å². The van der Waals surface area contributed by atoms with Crippen LogP contribution in [-0.2, 0) is 4.74 Å². The number of benzene rings is 1. The van der Waals surface area contributed by atoms with E-state index in [1.54, 1.807) is 0 Å². The predicted octanol–water partition coefficient (Wildman–Crippen LogP) is 0.705. The molecule has 1 rings (SSSR count). The summed E-state index contributed by atoms with van der Waals surface area (Å²) in [5, 5.41) is 18.8. The van der Waals surface area contributed by atoms with Gasteiger partial charge in [-0.15, -0.1) is 0 Å². The molecule has 0 aliphatic carbocycles. The van der Waals surface area contributed by atoms with Crippen LogP contribution in [0.3, 0.4) is 0 Å². The molecule has 0 aliphatic heterocycles. The quantitative estimate of drug-likeness (QED) is 0.582. The van der Waals surface area contributed by atoms with Gasteiger partial charge in [0.1, 0.15) is 17.1 Å². The molecule has 6 heteroatoms.